The number of nitrogens with zero attached hydrogens (tertiary/aromatic N) is 2. The van der Waals surface area contributed by atoms with E-state index in [1.54, 1.807) is 11.8 Å². The third-order valence-corrected chi connectivity index (χ3v) is 7.59. The van der Waals surface area contributed by atoms with E-state index in [2.05, 4.69) is 30.9 Å². The van der Waals surface area contributed by atoms with Crippen LogP contribution in [0.4, 0.5) is 10.1 Å². The van der Waals surface area contributed by atoms with E-state index in [1.807, 2.05) is 20.8 Å². The molecule has 2 aliphatic rings. The van der Waals surface area contributed by atoms with Crippen molar-refractivity contribution >= 4 is 30.3 Å². The molecule has 3 rings (SSSR count). The van der Waals surface area contributed by atoms with Crippen molar-refractivity contribution in [2.24, 2.45) is 15.6 Å². The molecule has 1 aromatic rings. The number of anilines is 1. The van der Waals surface area contributed by atoms with Gasteiger partial charge in [0.1, 0.15) is 17.1 Å². The maximum atomic E-state index is 14.6. The number of para-hydroxylation sites is 1. The molecule has 0 fully saturated rings. The van der Waals surface area contributed by atoms with Crippen molar-refractivity contribution in [2.75, 3.05) is 18.5 Å². The second kappa shape index (κ2) is 8.31. The second-order valence-corrected chi connectivity index (χ2v) is 12.5. The molecule has 0 aliphatic carbocycles. The zero-order valence-corrected chi connectivity index (χ0v) is 20.7. The van der Waals surface area contributed by atoms with Crippen LogP contribution in [0.25, 0.3) is 0 Å². The zero-order valence-electron chi connectivity index (χ0n) is 19.8. The van der Waals surface area contributed by atoms with E-state index in [4.69, 9.17) is 4.52 Å². The van der Waals surface area contributed by atoms with Crippen molar-refractivity contribution in [1.29, 1.82) is 0 Å². The van der Waals surface area contributed by atoms with Gasteiger partial charge in [0.2, 0.25) is 0 Å². The molecule has 2 atom stereocenters. The molecule has 1 aromatic carbocycles. The van der Waals surface area contributed by atoms with Crippen molar-refractivity contribution in [3.63, 3.8) is 0 Å². The maximum Gasteiger partial charge on any atom is 0.348 e. The number of fused-ring (bicyclic) bond motifs is 1. The molecular weight excluding hydrogens is 432 g/mol. The fourth-order valence-corrected chi connectivity index (χ4v) is 5.82. The van der Waals surface area contributed by atoms with Crippen LogP contribution in [0.3, 0.4) is 0 Å². The second-order valence-electron chi connectivity index (χ2n) is 10.5. The Kier molecular flexibility index (Phi) is 6.35. The fraction of sp³-hybridized carbons (Fsp3) is 0.565. The number of halogens is 1. The Hall–Kier alpha value is -2.18. The highest BCUT2D eigenvalue weighted by Gasteiger charge is 2.48. The summed E-state index contributed by atoms with van der Waals surface area (Å²) in [7, 11) is -3.84. The van der Waals surface area contributed by atoms with Crippen LogP contribution < -0.4 is 10.6 Å². The summed E-state index contributed by atoms with van der Waals surface area (Å²) in [6.07, 6.45) is 0.723. The minimum Gasteiger partial charge on any atom is -0.509 e. The number of aliphatic hydroxyl groups excluding tert-OH is 1. The van der Waals surface area contributed by atoms with E-state index in [9.17, 15) is 18.9 Å². The number of nitrogens with one attached hydrogen (secondary N) is 1. The van der Waals surface area contributed by atoms with Crippen LogP contribution in [-0.2, 0) is 13.9 Å². The quantitative estimate of drug-likeness (QED) is 0.597. The Morgan fingerprint density at radius 2 is 1.91 bits per heavy atom. The van der Waals surface area contributed by atoms with Gasteiger partial charge in [-0.1, -0.05) is 47.6 Å². The van der Waals surface area contributed by atoms with Crippen LogP contribution in [0.5, 0.6) is 0 Å². The predicted octanol–water partition coefficient (Wildman–Crippen LogP) is 5.01. The maximum absolute atomic E-state index is 14.6. The largest absolute Gasteiger partial charge is 0.509 e. The standard InChI is InChI=1S/C23H33FN3O4P/c1-8-31-32(30)15-11-9-10-14(24)17(15)25-20(26-32)16-18(28)19(23(5,6)7)27(21(16)29)13-12-22(2,3)4/h9-11,19,28H,8,12-13H2,1-7H3,(H,25,26,30). The molecule has 9 heteroatoms. The monoisotopic (exact) mass is 465 g/mol. The Morgan fingerprint density at radius 3 is 2.47 bits per heavy atom. The highest BCUT2D eigenvalue weighted by atomic mass is 31.2. The summed E-state index contributed by atoms with van der Waals surface area (Å²) in [6.45, 7) is 14.2. The molecule has 0 spiro atoms. The summed E-state index contributed by atoms with van der Waals surface area (Å²) in [5, 5.41) is 14.1. The minimum absolute atomic E-state index is 0.0194. The molecule has 7 nitrogen and oxygen atoms in total. The summed E-state index contributed by atoms with van der Waals surface area (Å²) >= 11 is 0. The predicted molar refractivity (Wildman–Crippen MR) is 125 cm³/mol. The van der Waals surface area contributed by atoms with Gasteiger partial charge < -0.3 is 19.8 Å². The zero-order chi connectivity index (χ0) is 24.1. The van der Waals surface area contributed by atoms with Gasteiger partial charge in [-0.25, -0.2) is 4.39 Å². The number of rotatable bonds is 5. The van der Waals surface area contributed by atoms with Crippen molar-refractivity contribution in [2.45, 2.75) is 60.9 Å². The van der Waals surface area contributed by atoms with Gasteiger partial charge in [-0.15, -0.1) is 0 Å². The van der Waals surface area contributed by atoms with E-state index >= 15 is 0 Å². The van der Waals surface area contributed by atoms with E-state index in [0.717, 1.165) is 6.42 Å². The number of aliphatic hydroxyl groups is 1. The molecule has 2 N–H and O–H groups in total. The first-order valence-electron chi connectivity index (χ1n) is 10.8. The van der Waals surface area contributed by atoms with Gasteiger partial charge in [-0.2, -0.15) is 4.76 Å². The summed E-state index contributed by atoms with van der Waals surface area (Å²) in [4.78, 5) is 15.1. The molecular formula is C23H33FN3O4P. The number of carbonyl (C=O) groups is 1. The highest BCUT2D eigenvalue weighted by Crippen LogP contribution is 2.53. The van der Waals surface area contributed by atoms with Gasteiger partial charge in [0, 0.05) is 6.54 Å². The van der Waals surface area contributed by atoms with Gasteiger partial charge in [0.25, 0.3) is 5.91 Å². The van der Waals surface area contributed by atoms with Crippen molar-refractivity contribution < 1.29 is 23.4 Å². The third kappa shape index (κ3) is 4.48. The number of hydrogen-bond donors (Lipinski definition) is 2. The first-order valence-corrected chi connectivity index (χ1v) is 12.4. The first kappa shape index (κ1) is 24.5. The molecule has 2 heterocycles. The number of carbonyl (C=O) groups excluding carboxylic acids is 1. The lowest BCUT2D eigenvalue weighted by Gasteiger charge is -2.36. The molecule has 0 aromatic heterocycles. The van der Waals surface area contributed by atoms with Gasteiger partial charge in [0.15, 0.2) is 5.84 Å². The Labute approximate surface area is 189 Å². The lowest BCUT2D eigenvalue weighted by molar-refractivity contribution is -0.128. The number of hydrogen-bond acceptors (Lipinski definition) is 5. The summed E-state index contributed by atoms with van der Waals surface area (Å²) in [5.74, 6) is -1.36. The van der Waals surface area contributed by atoms with E-state index in [0.29, 0.717) is 6.54 Å². The Morgan fingerprint density at radius 1 is 1.25 bits per heavy atom. The Balaban J connectivity index is 2.12. The normalized spacial score (nSPS) is 23.9. The van der Waals surface area contributed by atoms with Crippen LogP contribution in [0.15, 0.2) is 34.3 Å². The first-order chi connectivity index (χ1) is 14.7. The topological polar surface area (TPSA) is 91.2 Å². The Bertz CT molecular complexity index is 1040. The molecule has 32 heavy (non-hydrogen) atoms. The van der Waals surface area contributed by atoms with Gasteiger partial charge >= 0.3 is 7.52 Å². The van der Waals surface area contributed by atoms with Crippen LogP contribution in [-0.4, -0.2) is 40.9 Å². The highest BCUT2D eigenvalue weighted by molar-refractivity contribution is 7.66. The van der Waals surface area contributed by atoms with Crippen LogP contribution in [0.2, 0.25) is 0 Å². The number of amides is 1. The molecule has 2 aliphatic heterocycles. The molecule has 0 saturated heterocycles. The smallest absolute Gasteiger partial charge is 0.348 e. The van der Waals surface area contributed by atoms with E-state index in [1.165, 1.54) is 18.2 Å². The van der Waals surface area contributed by atoms with Gasteiger partial charge in [0.05, 0.1) is 23.6 Å². The SMILES string of the molecule is CCOP1(=O)N=C(C2=C(O)C(C(C)(C)C)N(CCC(C)(C)C)C2=O)Nc2c(F)cccc21. The van der Waals surface area contributed by atoms with Crippen LogP contribution in [0.1, 0.15) is 54.9 Å². The third-order valence-electron chi connectivity index (χ3n) is 5.54. The van der Waals surface area contributed by atoms with Crippen molar-refractivity contribution in [1.82, 2.24) is 4.90 Å². The van der Waals surface area contributed by atoms with Crippen molar-refractivity contribution in [3.8, 4) is 0 Å². The minimum atomic E-state index is -3.84. The lowest BCUT2D eigenvalue weighted by atomic mass is 9.84. The van der Waals surface area contributed by atoms with Crippen LogP contribution >= 0.6 is 7.52 Å². The molecule has 0 saturated carbocycles. The van der Waals surface area contributed by atoms with E-state index in [-0.39, 0.29) is 40.2 Å². The molecule has 0 bridgehead atoms. The fourth-order valence-electron chi connectivity index (χ4n) is 4.03. The molecule has 0 radical (unpaired) electrons. The van der Waals surface area contributed by atoms with Gasteiger partial charge in [-0.3, -0.25) is 9.36 Å². The summed E-state index contributed by atoms with van der Waals surface area (Å²) in [5.41, 5.74) is -0.633. The summed E-state index contributed by atoms with van der Waals surface area (Å²) in [6, 6.07) is 3.55. The average Bonchev–Trinajstić information content (AvgIpc) is 2.90. The summed E-state index contributed by atoms with van der Waals surface area (Å²) < 4.78 is 37.9. The average molecular weight is 466 g/mol. The lowest BCUT2D eigenvalue weighted by Crippen LogP contribution is -2.45. The van der Waals surface area contributed by atoms with Crippen LogP contribution in [0, 0.1) is 16.6 Å². The van der Waals surface area contributed by atoms with Crippen molar-refractivity contribution in [3.05, 3.63) is 35.3 Å². The number of benzene rings is 1. The van der Waals surface area contributed by atoms with E-state index < -0.39 is 30.7 Å². The van der Waals surface area contributed by atoms with Gasteiger partial charge in [-0.05, 0) is 36.3 Å². The molecule has 2 unspecified atom stereocenters. The molecule has 1 amide bonds. The molecule has 176 valence electrons. The number of amidine groups is 1.